The summed E-state index contributed by atoms with van der Waals surface area (Å²) in [5.74, 6) is -3.78. The van der Waals surface area contributed by atoms with Crippen LogP contribution in [0.4, 0.5) is 0 Å². The summed E-state index contributed by atoms with van der Waals surface area (Å²) in [6.45, 7) is 4.06. The summed E-state index contributed by atoms with van der Waals surface area (Å²) in [7, 11) is 0. The topological polar surface area (TPSA) is 554 Å². The molecule has 568 valence electrons. The SMILES string of the molecule is CC(C)CC(NC(=O)C(CCCCNC(=O)CCOCCOCCOCCN=[N+]=[N-])NC(=O)C(Cc1ccc(O)cc1)NC(=O)C(CO)NC(=O)C(Cc1c[nH]c2ccccc12)NC(=O)C(Cc1c[nH]cn1)NC(=O)C1CCC(=O)N1)C(=O)NC(CCCNN)C(=O)N1CCCC1C(=O)NCC(N)=O. The van der Waals surface area contributed by atoms with Crippen molar-refractivity contribution in [1.82, 2.24) is 78.4 Å². The van der Waals surface area contributed by atoms with Crippen molar-refractivity contribution in [2.45, 2.75) is 158 Å². The van der Waals surface area contributed by atoms with Gasteiger partial charge < -0.3 is 98.2 Å². The van der Waals surface area contributed by atoms with Crippen LogP contribution in [0, 0.1) is 5.92 Å². The van der Waals surface area contributed by atoms with Gasteiger partial charge >= 0.3 is 0 Å². The number of amides is 12. The predicted molar refractivity (Wildman–Crippen MR) is 374 cm³/mol. The number of hydrogen-bond donors (Lipinski definition) is 17. The number of para-hydroxylation sites is 1. The Morgan fingerprint density at radius 1 is 0.692 bits per heavy atom. The third kappa shape index (κ3) is 28.2. The first-order valence-corrected chi connectivity index (χ1v) is 34.7. The number of phenolic OH excluding ortho intramolecular Hbond substituents is 1. The molecule has 4 aromatic rings. The number of aromatic hydroxyl groups is 1. The van der Waals surface area contributed by atoms with Gasteiger partial charge in [0.15, 0.2) is 0 Å². The van der Waals surface area contributed by atoms with E-state index in [2.05, 4.69) is 83.6 Å². The highest BCUT2D eigenvalue weighted by Gasteiger charge is 2.40. The Morgan fingerprint density at radius 3 is 1.96 bits per heavy atom. The number of nitrogens with zero attached hydrogens (tertiary/aromatic N) is 5. The molecule has 0 aliphatic carbocycles. The van der Waals surface area contributed by atoms with E-state index in [1.807, 2.05) is 0 Å². The number of carbonyl (C=O) groups is 12. The molecule has 2 fully saturated rings. The van der Waals surface area contributed by atoms with E-state index < -0.39 is 127 Å². The number of H-pyrrole nitrogens is 2. The van der Waals surface area contributed by atoms with Crippen molar-refractivity contribution in [2.24, 2.45) is 22.6 Å². The van der Waals surface area contributed by atoms with Gasteiger partial charge in [0.1, 0.15) is 60.1 Å². The summed E-state index contributed by atoms with van der Waals surface area (Å²) >= 11 is 0. The first-order chi connectivity index (χ1) is 50.1. The lowest BCUT2D eigenvalue weighted by Crippen LogP contribution is -2.61. The van der Waals surface area contributed by atoms with Gasteiger partial charge in [0.2, 0.25) is 70.9 Å². The quantitative estimate of drug-likeness (QED) is 0.00531. The van der Waals surface area contributed by atoms with E-state index in [0.717, 1.165) is 0 Å². The number of primary amides is 1. The summed E-state index contributed by atoms with van der Waals surface area (Å²) in [6, 6.07) is 0.407. The van der Waals surface area contributed by atoms with E-state index in [0.29, 0.717) is 34.1 Å². The van der Waals surface area contributed by atoms with Crippen LogP contribution >= 0.6 is 0 Å². The van der Waals surface area contributed by atoms with Crippen LogP contribution in [0.15, 0.2) is 72.4 Å². The van der Waals surface area contributed by atoms with Crippen LogP contribution in [-0.4, -0.2) is 234 Å². The smallest absolute Gasteiger partial charge is 0.245 e. The van der Waals surface area contributed by atoms with Crippen molar-refractivity contribution in [3.05, 3.63) is 94.5 Å². The number of azide groups is 1. The Kier molecular flexibility index (Phi) is 35.2. The van der Waals surface area contributed by atoms with Crippen LogP contribution < -0.4 is 70.2 Å². The average Bonchev–Trinajstić information content (AvgIpc) is 1.64. The number of ether oxygens (including phenoxy) is 3. The summed E-state index contributed by atoms with van der Waals surface area (Å²) in [5.41, 5.74) is 18.1. The number of aliphatic hydroxyl groups excluding tert-OH is 1. The number of unbranched alkanes of at least 4 members (excludes halogenated alkanes) is 1. The number of benzene rings is 2. The highest BCUT2D eigenvalue weighted by molar-refractivity contribution is 6.00. The zero-order valence-corrected chi connectivity index (χ0v) is 58.4. The molecule has 0 bridgehead atoms. The number of carbonyl (C=O) groups excluding carboxylic acids is 12. The number of hydrogen-bond acceptors (Lipinski definition) is 21. The number of imidazole rings is 1. The van der Waals surface area contributed by atoms with E-state index in [9.17, 15) is 63.0 Å². The number of nitrogens with two attached hydrogens (primary N) is 2. The zero-order chi connectivity index (χ0) is 75.3. The maximum atomic E-state index is 15.0. The number of phenols is 1. The molecule has 104 heavy (non-hydrogen) atoms. The van der Waals surface area contributed by atoms with Gasteiger partial charge in [0.25, 0.3) is 0 Å². The first kappa shape index (κ1) is 82.7. The fourth-order valence-electron chi connectivity index (χ4n) is 11.6. The van der Waals surface area contributed by atoms with Crippen LogP contribution in [0.2, 0.25) is 0 Å². The maximum Gasteiger partial charge on any atom is 0.245 e. The summed E-state index contributed by atoms with van der Waals surface area (Å²) < 4.78 is 16.3. The Morgan fingerprint density at radius 2 is 1.31 bits per heavy atom. The summed E-state index contributed by atoms with van der Waals surface area (Å²) in [4.78, 5) is 180. The highest BCUT2D eigenvalue weighted by Crippen LogP contribution is 2.22. The number of rotatable bonds is 48. The van der Waals surface area contributed by atoms with Crippen molar-refractivity contribution in [3.63, 3.8) is 0 Å². The molecule has 0 radical (unpaired) electrons. The van der Waals surface area contributed by atoms with Gasteiger partial charge in [-0.3, -0.25) is 68.8 Å². The number of aliphatic hydroxyl groups is 1. The second-order valence-corrected chi connectivity index (χ2v) is 25.5. The Labute approximate surface area is 600 Å². The van der Waals surface area contributed by atoms with Gasteiger partial charge in [0.05, 0.1) is 64.8 Å². The molecule has 2 aliphatic rings. The van der Waals surface area contributed by atoms with E-state index in [1.165, 1.54) is 41.7 Å². The van der Waals surface area contributed by atoms with Crippen LogP contribution in [0.1, 0.15) is 101 Å². The molecule has 2 aliphatic heterocycles. The van der Waals surface area contributed by atoms with Gasteiger partial charge in [-0.05, 0) is 98.6 Å². The molecule has 2 aromatic carbocycles. The fraction of sp³-hybridized carbons (Fsp3) is 0.567. The molecule has 9 unspecified atom stereocenters. The van der Waals surface area contributed by atoms with E-state index in [-0.39, 0.29) is 173 Å². The predicted octanol–water partition coefficient (Wildman–Crippen LogP) is -2.79. The summed E-state index contributed by atoms with van der Waals surface area (Å²) in [6.07, 6.45) is 5.39. The van der Waals surface area contributed by atoms with Crippen LogP contribution in [0.25, 0.3) is 21.3 Å². The third-order valence-corrected chi connectivity index (χ3v) is 17.0. The number of nitrogens with one attached hydrogen (secondary N) is 13. The van der Waals surface area contributed by atoms with Gasteiger partial charge in [-0.1, -0.05) is 49.3 Å². The van der Waals surface area contributed by atoms with Crippen LogP contribution in [0.5, 0.6) is 5.75 Å². The van der Waals surface area contributed by atoms with E-state index in [4.69, 9.17) is 31.3 Å². The second-order valence-electron chi connectivity index (χ2n) is 25.5. The standard InChI is InChI=1S/C67H98N20O17/c1-40(2)31-50(61(95)80-49(12-7-22-76-69)67(101)87-24-8-13-55(87)66(100)74-37-56(68)90)81-59(93)47(11-5-6-21-72-57(91)20-25-102-27-29-104-30-28-103-26-23-77-86-70)79-62(96)51(32-41-14-16-44(89)17-15-41)82-65(99)54(38-88)85-63(97)52(33-42-35-73-46-10-4-3-9-45(42)46)83-64(98)53(34-43-36-71-39-75-43)84-60(94)48-18-19-58(92)78-48/h3-4,9-10,14-17,35-36,39-40,47-55,73,76,88-89H,5-8,11-13,18-34,37-38,69H2,1-2H3,(H2,68,90)(H,71,75)(H,72,91)(H,74,100)(H,78,92)(H,79,96)(H,80,95)(H,81,93)(H,82,99)(H,83,98)(H,84,94)(H,85,97). The Hall–Kier alpha value is -10.3. The summed E-state index contributed by atoms with van der Waals surface area (Å²) in [5, 5.41) is 51.8. The number of likely N-dealkylation sites (tertiary alicyclic amines) is 1. The lowest BCUT2D eigenvalue weighted by Gasteiger charge is -2.30. The molecule has 0 spiro atoms. The largest absolute Gasteiger partial charge is 0.508 e. The molecule has 4 heterocycles. The fourth-order valence-corrected chi connectivity index (χ4v) is 11.6. The Bertz CT molecular complexity index is 3540. The molecule has 2 aromatic heterocycles. The van der Waals surface area contributed by atoms with Crippen molar-refractivity contribution in [3.8, 4) is 5.75 Å². The zero-order valence-electron chi connectivity index (χ0n) is 58.4. The lowest BCUT2D eigenvalue weighted by molar-refractivity contribution is -0.142. The molecular weight excluding hydrogens is 1360 g/mol. The normalized spacial score (nSPS) is 16.1. The highest BCUT2D eigenvalue weighted by atomic mass is 16.5. The van der Waals surface area contributed by atoms with Crippen molar-refractivity contribution >= 4 is 81.8 Å². The molecule has 2 saturated heterocycles. The van der Waals surface area contributed by atoms with E-state index in [1.54, 1.807) is 44.3 Å². The average molecular weight is 1460 g/mol. The molecule has 12 amide bonds. The molecule has 37 heteroatoms. The number of fused-ring (bicyclic) bond motifs is 1. The van der Waals surface area contributed by atoms with Gasteiger partial charge in [-0.15, -0.1) is 0 Å². The van der Waals surface area contributed by atoms with Gasteiger partial charge in [-0.2, -0.15) is 0 Å². The lowest BCUT2D eigenvalue weighted by atomic mass is 10.00. The van der Waals surface area contributed by atoms with Crippen molar-refractivity contribution in [2.75, 3.05) is 79.0 Å². The van der Waals surface area contributed by atoms with Gasteiger partial charge in [0, 0.05) is 86.5 Å². The Balaban J connectivity index is 1.22. The van der Waals surface area contributed by atoms with Crippen LogP contribution in [0.3, 0.4) is 0 Å². The van der Waals surface area contributed by atoms with Gasteiger partial charge in [-0.25, -0.2) is 4.98 Å². The third-order valence-electron chi connectivity index (χ3n) is 17.0. The molecule has 6 rings (SSSR count). The van der Waals surface area contributed by atoms with Crippen molar-refractivity contribution in [1.29, 1.82) is 0 Å². The first-order valence-electron chi connectivity index (χ1n) is 34.7. The number of aromatic nitrogens is 3. The minimum atomic E-state index is -1.83. The number of hydrazine groups is 1. The molecule has 37 nitrogen and oxygen atoms in total. The minimum absolute atomic E-state index is 0.0000861. The maximum absolute atomic E-state index is 15.0. The second kappa shape index (κ2) is 44.3. The minimum Gasteiger partial charge on any atom is -0.508 e. The number of aromatic amines is 2. The van der Waals surface area contributed by atoms with Crippen molar-refractivity contribution < 1.29 is 82.0 Å². The molecular formula is C67H98N20O17. The van der Waals surface area contributed by atoms with Crippen LogP contribution in [-0.2, 0) is 91.0 Å². The molecule has 19 N–H and O–H groups in total. The van der Waals surface area contributed by atoms with E-state index >= 15 is 4.79 Å². The monoisotopic (exact) mass is 1450 g/mol. The molecule has 9 atom stereocenters. The molecule has 0 saturated carbocycles.